The summed E-state index contributed by atoms with van der Waals surface area (Å²) in [6.07, 6.45) is 0. The Balaban J connectivity index is 1.52. The molecule has 3 aromatic carbocycles. The van der Waals surface area contributed by atoms with E-state index >= 15 is 0 Å². The number of carbonyl (C=O) groups excluding carboxylic acids is 5. The zero-order chi connectivity index (χ0) is 23.7. The number of nitrogens with one attached hydrogen (secondary N) is 1. The lowest BCUT2D eigenvalue weighted by molar-refractivity contribution is -0.114. The number of hydrogen-bond donors (Lipinski definition) is 1. The summed E-state index contributed by atoms with van der Waals surface area (Å²) < 4.78 is 5.10. The fraction of sp³-hybridized carbons (Fsp3) is 0.0800. The van der Waals surface area contributed by atoms with Gasteiger partial charge < -0.3 is 10.1 Å². The summed E-state index contributed by atoms with van der Waals surface area (Å²) in [7, 11) is 0. The van der Waals surface area contributed by atoms with Gasteiger partial charge in [0.2, 0.25) is 5.91 Å². The fourth-order valence-corrected chi connectivity index (χ4v) is 3.87. The van der Waals surface area contributed by atoms with Crippen molar-refractivity contribution in [3.05, 3.63) is 99.1 Å². The lowest BCUT2D eigenvalue weighted by Gasteiger charge is -2.19. The van der Waals surface area contributed by atoms with Gasteiger partial charge in [-0.3, -0.25) is 19.2 Å². The van der Waals surface area contributed by atoms with Gasteiger partial charge in [-0.1, -0.05) is 35.9 Å². The molecule has 164 valence electrons. The van der Waals surface area contributed by atoms with Crippen LogP contribution >= 0.6 is 11.6 Å². The highest BCUT2D eigenvalue weighted by Crippen LogP contribution is 2.34. The second-order valence-electron chi connectivity index (χ2n) is 7.31. The van der Waals surface area contributed by atoms with Crippen LogP contribution in [-0.4, -0.2) is 35.8 Å². The van der Waals surface area contributed by atoms with Crippen molar-refractivity contribution in [1.82, 2.24) is 0 Å². The van der Waals surface area contributed by atoms with Crippen molar-refractivity contribution < 1.29 is 28.7 Å². The molecule has 1 aliphatic carbocycles. The molecule has 7 nitrogen and oxygen atoms in total. The number of benzene rings is 3. The Morgan fingerprint density at radius 3 is 2.12 bits per heavy atom. The van der Waals surface area contributed by atoms with Gasteiger partial charge >= 0.3 is 5.97 Å². The monoisotopic (exact) mass is 461 g/mol. The molecular weight excluding hydrogens is 446 g/mol. The van der Waals surface area contributed by atoms with Crippen LogP contribution in [0.5, 0.6) is 0 Å². The molecule has 3 aromatic rings. The molecule has 0 bridgehead atoms. The molecule has 0 unspecified atom stereocenters. The third-order valence-electron chi connectivity index (χ3n) is 5.11. The fourth-order valence-electron chi connectivity index (χ4n) is 3.54. The first kappa shape index (κ1) is 22.1. The molecule has 0 atom stereocenters. The first-order valence-electron chi connectivity index (χ1n) is 9.87. The highest BCUT2D eigenvalue weighted by atomic mass is 35.5. The van der Waals surface area contributed by atoms with E-state index in [1.54, 1.807) is 30.3 Å². The molecule has 0 aliphatic heterocycles. The Morgan fingerprint density at radius 2 is 1.48 bits per heavy atom. The molecule has 0 radical (unpaired) electrons. The summed E-state index contributed by atoms with van der Waals surface area (Å²) in [6.45, 7) is 0.814. The van der Waals surface area contributed by atoms with Crippen molar-refractivity contribution in [2.24, 2.45) is 0 Å². The van der Waals surface area contributed by atoms with E-state index in [0.29, 0.717) is 5.69 Å². The third-order valence-corrected chi connectivity index (χ3v) is 5.50. The number of carbonyl (C=O) groups is 5. The maximum Gasteiger partial charge on any atom is 0.340 e. The molecule has 0 spiro atoms. The average molecular weight is 462 g/mol. The summed E-state index contributed by atoms with van der Waals surface area (Å²) in [5.41, 5.74) is 1.22. The molecular formula is C25H16ClNO6. The van der Waals surface area contributed by atoms with E-state index in [2.05, 4.69) is 5.32 Å². The van der Waals surface area contributed by atoms with Gasteiger partial charge in [0.15, 0.2) is 24.0 Å². The molecule has 0 saturated heterocycles. The molecule has 0 saturated carbocycles. The molecule has 1 aliphatic rings. The second-order valence-corrected chi connectivity index (χ2v) is 7.69. The number of amides is 1. The first-order chi connectivity index (χ1) is 15.8. The van der Waals surface area contributed by atoms with E-state index in [4.69, 9.17) is 16.3 Å². The zero-order valence-electron chi connectivity index (χ0n) is 17.3. The number of halogens is 1. The molecule has 1 amide bonds. The normalized spacial score (nSPS) is 11.9. The minimum absolute atomic E-state index is 0.0605. The number of Topliss-reactive ketones (excluding diaryl/α,β-unsaturated/α-hetero) is 1. The van der Waals surface area contributed by atoms with Gasteiger partial charge in [-0.25, -0.2) is 4.79 Å². The molecule has 33 heavy (non-hydrogen) atoms. The van der Waals surface area contributed by atoms with Gasteiger partial charge in [0.25, 0.3) is 0 Å². The Morgan fingerprint density at radius 1 is 0.848 bits per heavy atom. The zero-order valence-corrected chi connectivity index (χ0v) is 18.1. The standard InChI is InChI=1S/C25H16ClNO6/c1-13(28)27-15-8-6-14(7-9-15)20(29)12-33-25(32)19-11-10-18-21(22(19)26)24(31)17-5-3-2-4-16(17)23(18)30/h2-11H,12H2,1H3,(H,27,28). The van der Waals surface area contributed by atoms with Gasteiger partial charge in [-0.15, -0.1) is 0 Å². The van der Waals surface area contributed by atoms with Gasteiger partial charge in [-0.2, -0.15) is 0 Å². The number of fused-ring (bicyclic) bond motifs is 2. The summed E-state index contributed by atoms with van der Waals surface area (Å²) in [4.78, 5) is 61.7. The van der Waals surface area contributed by atoms with Crippen LogP contribution in [0.25, 0.3) is 0 Å². The van der Waals surface area contributed by atoms with Gasteiger partial charge in [-0.05, 0) is 36.4 Å². The summed E-state index contributed by atoms with van der Waals surface area (Å²) in [5, 5.41) is 2.39. The molecule has 0 heterocycles. The second kappa shape index (κ2) is 8.80. The number of ketones is 3. The average Bonchev–Trinajstić information content (AvgIpc) is 2.80. The van der Waals surface area contributed by atoms with Crippen molar-refractivity contribution >= 4 is 46.5 Å². The van der Waals surface area contributed by atoms with Crippen molar-refractivity contribution in [2.75, 3.05) is 11.9 Å². The summed E-state index contributed by atoms with van der Waals surface area (Å²) in [5.74, 6) is -2.43. The molecule has 0 fully saturated rings. The quantitative estimate of drug-likeness (QED) is 0.354. The van der Waals surface area contributed by atoms with Gasteiger partial charge in [0.05, 0.1) is 16.1 Å². The number of anilines is 1. The Hall–Kier alpha value is -4.10. The largest absolute Gasteiger partial charge is 0.454 e. The number of hydrogen-bond acceptors (Lipinski definition) is 6. The predicted molar refractivity (Wildman–Crippen MR) is 120 cm³/mol. The van der Waals surface area contributed by atoms with Crippen LogP contribution in [0.2, 0.25) is 5.02 Å². The number of esters is 1. The van der Waals surface area contributed by atoms with Crippen LogP contribution < -0.4 is 5.32 Å². The Bertz CT molecular complexity index is 1340. The smallest absolute Gasteiger partial charge is 0.340 e. The molecule has 8 heteroatoms. The van der Waals surface area contributed by atoms with E-state index in [1.165, 1.54) is 37.3 Å². The van der Waals surface area contributed by atoms with Gasteiger partial charge in [0.1, 0.15) is 0 Å². The van der Waals surface area contributed by atoms with E-state index in [-0.39, 0.29) is 50.1 Å². The topological polar surface area (TPSA) is 107 Å². The van der Waals surface area contributed by atoms with Crippen LogP contribution in [0.15, 0.2) is 60.7 Å². The highest BCUT2D eigenvalue weighted by Gasteiger charge is 2.33. The number of ether oxygens (including phenoxy) is 1. The maximum atomic E-state index is 12.9. The van der Waals surface area contributed by atoms with Crippen molar-refractivity contribution in [3.63, 3.8) is 0 Å². The first-order valence-corrected chi connectivity index (χ1v) is 10.2. The van der Waals surface area contributed by atoms with E-state index in [0.717, 1.165) is 0 Å². The van der Waals surface area contributed by atoms with Crippen LogP contribution in [0, 0.1) is 0 Å². The van der Waals surface area contributed by atoms with E-state index < -0.39 is 24.1 Å². The highest BCUT2D eigenvalue weighted by molar-refractivity contribution is 6.41. The number of rotatable bonds is 5. The molecule has 0 aromatic heterocycles. The van der Waals surface area contributed by atoms with Crippen LogP contribution in [-0.2, 0) is 9.53 Å². The van der Waals surface area contributed by atoms with Crippen molar-refractivity contribution in [1.29, 1.82) is 0 Å². The molecule has 4 rings (SSSR count). The molecule has 1 N–H and O–H groups in total. The van der Waals surface area contributed by atoms with Crippen molar-refractivity contribution in [3.8, 4) is 0 Å². The lowest BCUT2D eigenvalue weighted by atomic mass is 9.83. The Labute approximate surface area is 193 Å². The van der Waals surface area contributed by atoms with Crippen LogP contribution in [0.3, 0.4) is 0 Å². The van der Waals surface area contributed by atoms with Crippen LogP contribution in [0.4, 0.5) is 5.69 Å². The predicted octanol–water partition coefficient (Wildman–Crippen LogP) is 4.11. The lowest BCUT2D eigenvalue weighted by Crippen LogP contribution is -2.23. The van der Waals surface area contributed by atoms with Crippen LogP contribution in [0.1, 0.15) is 59.5 Å². The minimum Gasteiger partial charge on any atom is -0.454 e. The SMILES string of the molecule is CC(=O)Nc1ccc(C(=O)COC(=O)c2ccc3c(c2Cl)C(=O)c2ccccc2C3=O)cc1. The Kier molecular flexibility index (Phi) is 5.89. The maximum absolute atomic E-state index is 12.9. The minimum atomic E-state index is -0.898. The summed E-state index contributed by atoms with van der Waals surface area (Å²) >= 11 is 6.35. The summed E-state index contributed by atoms with van der Waals surface area (Å²) in [6, 6.07) is 15.1. The third kappa shape index (κ3) is 4.18. The van der Waals surface area contributed by atoms with E-state index in [1.807, 2.05) is 0 Å². The van der Waals surface area contributed by atoms with Gasteiger partial charge in [0, 0.05) is 34.9 Å². The van der Waals surface area contributed by atoms with E-state index in [9.17, 15) is 24.0 Å². The van der Waals surface area contributed by atoms with Crippen molar-refractivity contribution in [2.45, 2.75) is 6.92 Å².